The first-order valence-corrected chi connectivity index (χ1v) is 5.50. The molecule has 0 radical (unpaired) electrons. The number of benzene rings is 1. The molecule has 1 aromatic rings. The van der Waals surface area contributed by atoms with E-state index in [4.69, 9.17) is 9.84 Å². The summed E-state index contributed by atoms with van der Waals surface area (Å²) in [5.41, 5.74) is 1.52. The Labute approximate surface area is 101 Å². The molecular weight excluding hydrogens is 218 g/mol. The molecule has 0 amide bonds. The third-order valence-electron chi connectivity index (χ3n) is 1.98. The Bertz CT molecular complexity index is 407. The zero-order valence-corrected chi connectivity index (χ0v) is 10.3. The van der Waals surface area contributed by atoms with Crippen molar-refractivity contribution in [1.29, 1.82) is 0 Å². The summed E-state index contributed by atoms with van der Waals surface area (Å²) in [6.45, 7) is 5.68. The van der Waals surface area contributed by atoms with Gasteiger partial charge in [0, 0.05) is 6.92 Å². The molecule has 4 heteroatoms. The van der Waals surface area contributed by atoms with Gasteiger partial charge in [-0.25, -0.2) is 4.99 Å². The van der Waals surface area contributed by atoms with Crippen LogP contribution in [0.25, 0.3) is 0 Å². The summed E-state index contributed by atoms with van der Waals surface area (Å²) in [6.07, 6.45) is 0.135. The minimum Gasteiger partial charge on any atom is -0.481 e. The van der Waals surface area contributed by atoms with Crippen molar-refractivity contribution in [3.8, 4) is 0 Å². The zero-order chi connectivity index (χ0) is 12.8. The number of aliphatic carboxylic acids is 1. The molecule has 1 N–H and O–H groups in total. The van der Waals surface area contributed by atoms with Crippen molar-refractivity contribution in [2.24, 2.45) is 4.99 Å². The summed E-state index contributed by atoms with van der Waals surface area (Å²) in [6, 6.07) is 7.09. The van der Waals surface area contributed by atoms with Crippen molar-refractivity contribution < 1.29 is 14.6 Å². The standard InChI is InChI=1S/C13H17NO3/c1-9(2)17-10(3)14-12-6-4-11(5-7-12)8-13(15)16/h4-7,9H,8H2,1-3H3,(H,15,16). The topological polar surface area (TPSA) is 58.9 Å². The van der Waals surface area contributed by atoms with E-state index in [-0.39, 0.29) is 12.5 Å². The molecule has 0 aliphatic carbocycles. The number of hydrogen-bond donors (Lipinski definition) is 1. The first kappa shape index (κ1) is 13.2. The Morgan fingerprint density at radius 2 is 1.94 bits per heavy atom. The van der Waals surface area contributed by atoms with Crippen molar-refractivity contribution in [1.82, 2.24) is 0 Å². The lowest BCUT2D eigenvalue weighted by atomic mass is 10.1. The molecule has 0 saturated carbocycles. The summed E-state index contributed by atoms with van der Waals surface area (Å²) < 4.78 is 5.40. The van der Waals surface area contributed by atoms with Crippen LogP contribution in [0.5, 0.6) is 0 Å². The van der Waals surface area contributed by atoms with Gasteiger partial charge in [-0.15, -0.1) is 0 Å². The summed E-state index contributed by atoms with van der Waals surface area (Å²) in [5, 5.41) is 8.63. The van der Waals surface area contributed by atoms with Gasteiger partial charge < -0.3 is 9.84 Å². The molecule has 17 heavy (non-hydrogen) atoms. The van der Waals surface area contributed by atoms with Crippen LogP contribution in [0.4, 0.5) is 5.69 Å². The van der Waals surface area contributed by atoms with Gasteiger partial charge in [0.15, 0.2) is 5.90 Å². The Morgan fingerprint density at radius 3 is 2.41 bits per heavy atom. The SMILES string of the molecule is CC(=Nc1ccc(CC(=O)O)cc1)OC(C)C. The van der Waals surface area contributed by atoms with E-state index >= 15 is 0 Å². The molecule has 0 atom stereocenters. The second-order valence-electron chi connectivity index (χ2n) is 4.03. The molecule has 92 valence electrons. The Kier molecular flexibility index (Phi) is 4.69. The van der Waals surface area contributed by atoms with E-state index in [1.54, 1.807) is 31.2 Å². The largest absolute Gasteiger partial charge is 0.481 e. The van der Waals surface area contributed by atoms with Gasteiger partial charge in [0.1, 0.15) is 0 Å². The van der Waals surface area contributed by atoms with Crippen LogP contribution in [-0.2, 0) is 16.0 Å². The Morgan fingerprint density at radius 1 is 1.35 bits per heavy atom. The highest BCUT2D eigenvalue weighted by Crippen LogP contribution is 2.14. The monoisotopic (exact) mass is 235 g/mol. The second-order valence-corrected chi connectivity index (χ2v) is 4.03. The van der Waals surface area contributed by atoms with Crippen LogP contribution in [0.1, 0.15) is 26.3 Å². The summed E-state index contributed by atoms with van der Waals surface area (Å²) in [4.78, 5) is 14.8. The van der Waals surface area contributed by atoms with Crippen LogP contribution in [0.2, 0.25) is 0 Å². The average Bonchev–Trinajstić information content (AvgIpc) is 2.18. The maximum Gasteiger partial charge on any atom is 0.307 e. The molecule has 0 unspecified atom stereocenters. The smallest absolute Gasteiger partial charge is 0.307 e. The number of hydrogen-bond acceptors (Lipinski definition) is 3. The van der Waals surface area contributed by atoms with Gasteiger partial charge in [0.05, 0.1) is 18.2 Å². The molecule has 0 saturated heterocycles. The van der Waals surface area contributed by atoms with Gasteiger partial charge in [-0.2, -0.15) is 0 Å². The number of carboxylic acids is 1. The number of carboxylic acid groups (broad SMARTS) is 1. The normalized spacial score (nSPS) is 11.6. The highest BCUT2D eigenvalue weighted by atomic mass is 16.5. The van der Waals surface area contributed by atoms with Crippen molar-refractivity contribution >= 4 is 17.6 Å². The first-order chi connectivity index (χ1) is 7.97. The summed E-state index contributed by atoms with van der Waals surface area (Å²) in [5.74, 6) is -0.230. The number of ether oxygens (including phenoxy) is 1. The first-order valence-electron chi connectivity index (χ1n) is 5.50. The number of carbonyl (C=O) groups is 1. The minimum absolute atomic E-state index is 0.0332. The second kappa shape index (κ2) is 6.03. The van der Waals surface area contributed by atoms with Gasteiger partial charge >= 0.3 is 5.97 Å². The van der Waals surface area contributed by atoms with Crippen molar-refractivity contribution in [3.05, 3.63) is 29.8 Å². The van der Waals surface area contributed by atoms with Gasteiger partial charge in [-0.1, -0.05) is 12.1 Å². The van der Waals surface area contributed by atoms with E-state index in [0.29, 0.717) is 5.90 Å². The molecule has 0 fully saturated rings. The molecule has 1 rings (SSSR count). The lowest BCUT2D eigenvalue weighted by molar-refractivity contribution is -0.136. The van der Waals surface area contributed by atoms with Gasteiger partial charge in [0.2, 0.25) is 0 Å². The quantitative estimate of drug-likeness (QED) is 0.644. The molecule has 0 spiro atoms. The van der Waals surface area contributed by atoms with Crippen LogP contribution in [0.3, 0.4) is 0 Å². The fourth-order valence-corrected chi connectivity index (χ4v) is 1.41. The fraction of sp³-hybridized carbons (Fsp3) is 0.385. The average molecular weight is 235 g/mol. The van der Waals surface area contributed by atoms with E-state index in [2.05, 4.69) is 4.99 Å². The van der Waals surface area contributed by atoms with Crippen molar-refractivity contribution in [2.45, 2.75) is 33.3 Å². The van der Waals surface area contributed by atoms with Gasteiger partial charge in [0.25, 0.3) is 0 Å². The Balaban J connectivity index is 2.70. The van der Waals surface area contributed by atoms with Gasteiger partial charge in [-0.05, 0) is 31.5 Å². The minimum atomic E-state index is -0.833. The molecule has 0 aliphatic rings. The number of nitrogens with zero attached hydrogens (tertiary/aromatic N) is 1. The van der Waals surface area contributed by atoms with Crippen LogP contribution >= 0.6 is 0 Å². The van der Waals surface area contributed by atoms with Crippen LogP contribution in [0, 0.1) is 0 Å². The maximum absolute atomic E-state index is 10.5. The summed E-state index contributed by atoms with van der Waals surface area (Å²) in [7, 11) is 0. The molecule has 0 heterocycles. The molecule has 0 bridgehead atoms. The van der Waals surface area contributed by atoms with E-state index in [9.17, 15) is 4.79 Å². The Hall–Kier alpha value is -1.84. The number of rotatable bonds is 4. The summed E-state index contributed by atoms with van der Waals surface area (Å²) >= 11 is 0. The lowest BCUT2D eigenvalue weighted by Gasteiger charge is -2.08. The van der Waals surface area contributed by atoms with E-state index in [1.165, 1.54) is 0 Å². The van der Waals surface area contributed by atoms with Crippen LogP contribution < -0.4 is 0 Å². The lowest BCUT2D eigenvalue weighted by Crippen LogP contribution is -2.07. The molecule has 0 aromatic heterocycles. The molecule has 1 aromatic carbocycles. The van der Waals surface area contributed by atoms with Crippen LogP contribution in [-0.4, -0.2) is 23.1 Å². The molecule has 0 aliphatic heterocycles. The number of aliphatic imine (C=N–C) groups is 1. The molecular formula is C13H17NO3. The maximum atomic E-state index is 10.5. The predicted octanol–water partition coefficient (Wildman–Crippen LogP) is 2.79. The molecule has 4 nitrogen and oxygen atoms in total. The predicted molar refractivity (Wildman–Crippen MR) is 66.8 cm³/mol. The van der Waals surface area contributed by atoms with Gasteiger partial charge in [-0.3, -0.25) is 4.79 Å². The zero-order valence-electron chi connectivity index (χ0n) is 10.3. The third kappa shape index (κ3) is 5.15. The fourth-order valence-electron chi connectivity index (χ4n) is 1.41. The van der Waals surface area contributed by atoms with E-state index in [0.717, 1.165) is 11.3 Å². The van der Waals surface area contributed by atoms with E-state index < -0.39 is 5.97 Å². The highest BCUT2D eigenvalue weighted by molar-refractivity contribution is 5.77. The van der Waals surface area contributed by atoms with Crippen LogP contribution in [0.15, 0.2) is 29.3 Å². The highest BCUT2D eigenvalue weighted by Gasteiger charge is 2.01. The van der Waals surface area contributed by atoms with Crippen molar-refractivity contribution in [2.75, 3.05) is 0 Å². The van der Waals surface area contributed by atoms with E-state index in [1.807, 2.05) is 13.8 Å². The van der Waals surface area contributed by atoms with Crippen molar-refractivity contribution in [3.63, 3.8) is 0 Å². The third-order valence-corrected chi connectivity index (χ3v) is 1.98.